The van der Waals surface area contributed by atoms with Gasteiger partial charge in [-0.1, -0.05) is 58.4 Å². The lowest BCUT2D eigenvalue weighted by Crippen LogP contribution is -2.30. The van der Waals surface area contributed by atoms with Crippen molar-refractivity contribution in [3.05, 3.63) is 48.0 Å². The zero-order valence-corrected chi connectivity index (χ0v) is 12.1. The van der Waals surface area contributed by atoms with Crippen LogP contribution >= 0.6 is 15.9 Å². The first-order chi connectivity index (χ1) is 8.88. The standard InChI is InChI=1S/C16H18BrN/c17-11-15-8-4-10-18(15)12-14-7-3-6-13-5-1-2-9-16(13)14/h1-3,5-7,9,15H,4,8,10-12H2. The highest BCUT2D eigenvalue weighted by atomic mass is 79.9. The van der Waals surface area contributed by atoms with Crippen LogP contribution in [-0.4, -0.2) is 22.8 Å². The number of hydrogen-bond acceptors (Lipinski definition) is 1. The first-order valence-corrected chi connectivity index (χ1v) is 7.77. The average molecular weight is 304 g/mol. The van der Waals surface area contributed by atoms with Crippen molar-refractivity contribution in [3.63, 3.8) is 0 Å². The maximum Gasteiger partial charge on any atom is 0.0243 e. The van der Waals surface area contributed by atoms with Gasteiger partial charge in [0.05, 0.1) is 0 Å². The van der Waals surface area contributed by atoms with Gasteiger partial charge in [0.1, 0.15) is 0 Å². The third-order valence-electron chi connectivity index (χ3n) is 3.93. The van der Waals surface area contributed by atoms with Crippen LogP contribution in [0.25, 0.3) is 10.8 Å². The van der Waals surface area contributed by atoms with E-state index >= 15 is 0 Å². The van der Waals surface area contributed by atoms with E-state index in [0.717, 1.165) is 11.9 Å². The summed E-state index contributed by atoms with van der Waals surface area (Å²) < 4.78 is 0. The molecule has 1 aliphatic heterocycles. The molecule has 2 aromatic rings. The number of alkyl halides is 1. The minimum absolute atomic E-state index is 0.712. The summed E-state index contributed by atoms with van der Waals surface area (Å²) in [5.74, 6) is 0. The van der Waals surface area contributed by atoms with Gasteiger partial charge in [-0.15, -0.1) is 0 Å². The molecule has 3 rings (SSSR count). The molecule has 1 aliphatic rings. The lowest BCUT2D eigenvalue weighted by molar-refractivity contribution is 0.266. The average Bonchev–Trinajstić information content (AvgIpc) is 2.86. The van der Waals surface area contributed by atoms with Gasteiger partial charge in [0.2, 0.25) is 0 Å². The summed E-state index contributed by atoms with van der Waals surface area (Å²) in [6, 6.07) is 16.0. The molecular weight excluding hydrogens is 286 g/mol. The summed E-state index contributed by atoms with van der Waals surface area (Å²) >= 11 is 3.64. The molecule has 0 radical (unpaired) electrons. The number of hydrogen-bond donors (Lipinski definition) is 0. The minimum Gasteiger partial charge on any atom is -0.295 e. The Kier molecular flexibility index (Phi) is 3.67. The molecule has 0 amide bonds. The maximum absolute atomic E-state index is 3.64. The molecule has 18 heavy (non-hydrogen) atoms. The second-order valence-electron chi connectivity index (χ2n) is 5.06. The highest BCUT2D eigenvalue weighted by molar-refractivity contribution is 9.09. The topological polar surface area (TPSA) is 3.24 Å². The molecule has 94 valence electrons. The van der Waals surface area contributed by atoms with Crippen LogP contribution < -0.4 is 0 Å². The van der Waals surface area contributed by atoms with Crippen LogP contribution in [0.15, 0.2) is 42.5 Å². The highest BCUT2D eigenvalue weighted by Crippen LogP contribution is 2.25. The Bertz CT molecular complexity index is 532. The van der Waals surface area contributed by atoms with Gasteiger partial charge in [0, 0.05) is 17.9 Å². The molecule has 0 bridgehead atoms. The van der Waals surface area contributed by atoms with Crippen molar-refractivity contribution < 1.29 is 0 Å². The molecule has 0 saturated carbocycles. The van der Waals surface area contributed by atoms with Crippen molar-refractivity contribution in [3.8, 4) is 0 Å². The van der Waals surface area contributed by atoms with Crippen LogP contribution in [0.3, 0.4) is 0 Å². The van der Waals surface area contributed by atoms with Gasteiger partial charge < -0.3 is 0 Å². The van der Waals surface area contributed by atoms with Crippen molar-refractivity contribution >= 4 is 26.7 Å². The van der Waals surface area contributed by atoms with E-state index in [1.165, 1.54) is 35.7 Å². The van der Waals surface area contributed by atoms with Gasteiger partial charge in [-0.05, 0) is 35.7 Å². The Balaban J connectivity index is 1.90. The monoisotopic (exact) mass is 303 g/mol. The molecule has 1 unspecified atom stereocenters. The Hall–Kier alpha value is -0.860. The second-order valence-corrected chi connectivity index (χ2v) is 5.71. The smallest absolute Gasteiger partial charge is 0.0243 e. The molecule has 1 nitrogen and oxygen atoms in total. The van der Waals surface area contributed by atoms with Crippen molar-refractivity contribution in [2.75, 3.05) is 11.9 Å². The fraction of sp³-hybridized carbons (Fsp3) is 0.375. The number of nitrogens with zero attached hydrogens (tertiary/aromatic N) is 1. The van der Waals surface area contributed by atoms with Crippen LogP contribution in [-0.2, 0) is 6.54 Å². The lowest BCUT2D eigenvalue weighted by Gasteiger charge is -2.23. The van der Waals surface area contributed by atoms with Gasteiger partial charge in [-0.2, -0.15) is 0 Å². The first kappa shape index (κ1) is 12.2. The van der Waals surface area contributed by atoms with E-state index in [1.807, 2.05) is 0 Å². The van der Waals surface area contributed by atoms with E-state index < -0.39 is 0 Å². The Morgan fingerprint density at radius 1 is 1.11 bits per heavy atom. The van der Waals surface area contributed by atoms with Gasteiger partial charge >= 0.3 is 0 Å². The van der Waals surface area contributed by atoms with Gasteiger partial charge in [0.25, 0.3) is 0 Å². The number of fused-ring (bicyclic) bond motifs is 1. The van der Waals surface area contributed by atoms with Crippen molar-refractivity contribution in [2.45, 2.75) is 25.4 Å². The third-order valence-corrected chi connectivity index (χ3v) is 4.68. The van der Waals surface area contributed by atoms with Crippen LogP contribution in [0.5, 0.6) is 0 Å². The molecular formula is C16H18BrN. The molecule has 1 heterocycles. The number of likely N-dealkylation sites (tertiary alicyclic amines) is 1. The van der Waals surface area contributed by atoms with E-state index in [0.29, 0.717) is 6.04 Å². The SMILES string of the molecule is BrCC1CCCN1Cc1cccc2ccccc12. The Morgan fingerprint density at radius 2 is 1.94 bits per heavy atom. The predicted molar refractivity (Wildman–Crippen MR) is 81.2 cm³/mol. The molecule has 0 spiro atoms. The van der Waals surface area contributed by atoms with Gasteiger partial charge in [0.15, 0.2) is 0 Å². The first-order valence-electron chi connectivity index (χ1n) is 6.65. The largest absolute Gasteiger partial charge is 0.295 e. The summed E-state index contributed by atoms with van der Waals surface area (Å²) in [5.41, 5.74) is 1.46. The fourth-order valence-electron chi connectivity index (χ4n) is 2.93. The molecule has 2 aromatic carbocycles. The van der Waals surface area contributed by atoms with Gasteiger partial charge in [-0.25, -0.2) is 0 Å². The van der Waals surface area contributed by atoms with Crippen LogP contribution in [0.1, 0.15) is 18.4 Å². The molecule has 2 heteroatoms. The Labute approximate surface area is 117 Å². The van der Waals surface area contributed by atoms with E-state index in [-0.39, 0.29) is 0 Å². The minimum atomic E-state index is 0.712. The van der Waals surface area contributed by atoms with E-state index in [4.69, 9.17) is 0 Å². The number of benzene rings is 2. The van der Waals surface area contributed by atoms with Gasteiger partial charge in [-0.3, -0.25) is 4.90 Å². The summed E-state index contributed by atoms with van der Waals surface area (Å²) in [6.45, 7) is 2.32. The van der Waals surface area contributed by atoms with Crippen LogP contribution in [0.4, 0.5) is 0 Å². The van der Waals surface area contributed by atoms with E-state index in [9.17, 15) is 0 Å². The third kappa shape index (κ3) is 2.32. The number of rotatable bonds is 3. The molecule has 0 N–H and O–H groups in total. The second kappa shape index (κ2) is 5.41. The lowest BCUT2D eigenvalue weighted by atomic mass is 10.0. The molecule has 1 atom stereocenters. The van der Waals surface area contributed by atoms with Crippen molar-refractivity contribution in [2.24, 2.45) is 0 Å². The summed E-state index contributed by atoms with van der Waals surface area (Å²) in [7, 11) is 0. The van der Waals surface area contributed by atoms with E-state index in [2.05, 4.69) is 63.3 Å². The maximum atomic E-state index is 3.64. The summed E-state index contributed by atoms with van der Waals surface area (Å²) in [4.78, 5) is 2.61. The Morgan fingerprint density at radius 3 is 2.83 bits per heavy atom. The zero-order chi connectivity index (χ0) is 12.4. The van der Waals surface area contributed by atoms with E-state index in [1.54, 1.807) is 0 Å². The molecule has 1 saturated heterocycles. The van der Waals surface area contributed by atoms with Crippen LogP contribution in [0, 0.1) is 0 Å². The quantitative estimate of drug-likeness (QED) is 0.768. The van der Waals surface area contributed by atoms with Crippen molar-refractivity contribution in [1.82, 2.24) is 4.90 Å². The fourth-order valence-corrected chi connectivity index (χ4v) is 3.66. The van der Waals surface area contributed by atoms with Crippen LogP contribution in [0.2, 0.25) is 0 Å². The van der Waals surface area contributed by atoms with Crippen molar-refractivity contribution in [1.29, 1.82) is 0 Å². The summed E-state index contributed by atoms with van der Waals surface area (Å²) in [6.07, 6.45) is 2.66. The summed E-state index contributed by atoms with van der Waals surface area (Å²) in [5, 5.41) is 3.85. The molecule has 0 aromatic heterocycles. The number of halogens is 1. The zero-order valence-electron chi connectivity index (χ0n) is 10.5. The predicted octanol–water partition coefficient (Wildman–Crippen LogP) is 4.20. The molecule has 1 fully saturated rings. The highest BCUT2D eigenvalue weighted by Gasteiger charge is 2.23. The normalized spacial score (nSPS) is 20.6. The molecule has 0 aliphatic carbocycles.